The van der Waals surface area contributed by atoms with Crippen LogP contribution >= 0.6 is 15.9 Å². The van der Waals surface area contributed by atoms with Crippen molar-refractivity contribution in [1.29, 1.82) is 0 Å². The number of carbonyl (C=O) groups excluding carboxylic acids is 2. The molecule has 0 fully saturated rings. The van der Waals surface area contributed by atoms with E-state index in [-0.39, 0.29) is 24.3 Å². The van der Waals surface area contributed by atoms with Crippen LogP contribution in [0, 0.1) is 6.92 Å². The highest BCUT2D eigenvalue weighted by Crippen LogP contribution is 2.33. The molecule has 2 aromatic rings. The summed E-state index contributed by atoms with van der Waals surface area (Å²) >= 11 is 3.47. The third-order valence-electron chi connectivity index (χ3n) is 4.30. The zero-order valence-electron chi connectivity index (χ0n) is 14.1. The van der Waals surface area contributed by atoms with Crippen molar-refractivity contribution in [3.05, 3.63) is 69.8 Å². The lowest BCUT2D eigenvalue weighted by molar-refractivity contribution is -0.129. The Bertz CT molecular complexity index is 861. The normalized spacial score (nSPS) is 15.6. The highest BCUT2D eigenvalue weighted by Gasteiger charge is 2.28. The second-order valence-corrected chi connectivity index (χ2v) is 6.96. The molecule has 1 atom stereocenters. The van der Waals surface area contributed by atoms with Gasteiger partial charge in [-0.05, 0) is 41.8 Å². The molecule has 1 N–H and O–H groups in total. The van der Waals surface area contributed by atoms with E-state index in [1.807, 2.05) is 55.5 Å². The molecule has 1 aliphatic heterocycles. The molecule has 4 nitrogen and oxygen atoms in total. The Labute approximate surface area is 155 Å². The number of hydrogen-bond acceptors (Lipinski definition) is 2. The number of fused-ring (bicyclic) bond motifs is 1. The van der Waals surface area contributed by atoms with Crippen molar-refractivity contribution in [2.45, 2.75) is 26.3 Å². The van der Waals surface area contributed by atoms with Crippen LogP contribution in [-0.2, 0) is 9.59 Å². The van der Waals surface area contributed by atoms with Gasteiger partial charge in [0.05, 0.1) is 12.5 Å². The molecule has 1 aliphatic rings. The van der Waals surface area contributed by atoms with Gasteiger partial charge in [0.25, 0.3) is 0 Å². The first-order chi connectivity index (χ1) is 12.0. The van der Waals surface area contributed by atoms with Gasteiger partial charge in [-0.15, -0.1) is 0 Å². The predicted octanol–water partition coefficient (Wildman–Crippen LogP) is 4.66. The van der Waals surface area contributed by atoms with Crippen LogP contribution in [0.15, 0.2) is 53.1 Å². The fourth-order valence-corrected chi connectivity index (χ4v) is 3.35. The standard InChI is InChI=1S/C20H19BrN2O2/c1-13-7-8-16(11-18(13)21)22-20(25)12-19-17-6-4-3-5-15(17)9-10-23(19)14(2)24/h3-11,19H,12H2,1-2H3,(H,22,25). The van der Waals surface area contributed by atoms with Gasteiger partial charge >= 0.3 is 0 Å². The molecule has 0 spiro atoms. The lowest BCUT2D eigenvalue weighted by Gasteiger charge is -2.32. The monoisotopic (exact) mass is 398 g/mol. The predicted molar refractivity (Wildman–Crippen MR) is 103 cm³/mol. The van der Waals surface area contributed by atoms with Gasteiger partial charge in [0.1, 0.15) is 0 Å². The minimum Gasteiger partial charge on any atom is -0.326 e. The molecule has 0 aliphatic carbocycles. The fraction of sp³-hybridized carbons (Fsp3) is 0.200. The van der Waals surface area contributed by atoms with Crippen molar-refractivity contribution in [2.75, 3.05) is 5.32 Å². The molecule has 0 saturated carbocycles. The lowest BCUT2D eigenvalue weighted by atomic mass is 9.93. The Kier molecular flexibility index (Phi) is 5.04. The van der Waals surface area contributed by atoms with E-state index >= 15 is 0 Å². The molecule has 0 bridgehead atoms. The van der Waals surface area contributed by atoms with Gasteiger partial charge in [-0.2, -0.15) is 0 Å². The van der Waals surface area contributed by atoms with Crippen LogP contribution in [0.1, 0.15) is 36.1 Å². The van der Waals surface area contributed by atoms with E-state index in [2.05, 4.69) is 21.2 Å². The summed E-state index contributed by atoms with van der Waals surface area (Å²) in [5.74, 6) is -0.210. The molecule has 0 saturated heterocycles. The van der Waals surface area contributed by atoms with E-state index in [9.17, 15) is 9.59 Å². The Morgan fingerprint density at radius 1 is 1.20 bits per heavy atom. The second kappa shape index (κ2) is 7.23. The van der Waals surface area contributed by atoms with E-state index in [0.29, 0.717) is 0 Å². The number of nitrogens with one attached hydrogen (secondary N) is 1. The molecular formula is C20H19BrN2O2. The average Bonchev–Trinajstić information content (AvgIpc) is 2.58. The molecule has 25 heavy (non-hydrogen) atoms. The van der Waals surface area contributed by atoms with Crippen LogP contribution in [0.4, 0.5) is 5.69 Å². The molecule has 2 amide bonds. The van der Waals surface area contributed by atoms with Crippen LogP contribution < -0.4 is 5.32 Å². The zero-order valence-corrected chi connectivity index (χ0v) is 15.7. The van der Waals surface area contributed by atoms with Gasteiger partial charge < -0.3 is 10.2 Å². The number of nitrogens with zero attached hydrogens (tertiary/aromatic N) is 1. The third-order valence-corrected chi connectivity index (χ3v) is 5.16. The van der Waals surface area contributed by atoms with Crippen molar-refractivity contribution in [3.63, 3.8) is 0 Å². The first-order valence-electron chi connectivity index (χ1n) is 8.08. The maximum atomic E-state index is 12.6. The van der Waals surface area contributed by atoms with Gasteiger partial charge in [0.15, 0.2) is 0 Å². The summed E-state index contributed by atoms with van der Waals surface area (Å²) in [5.41, 5.74) is 3.86. The highest BCUT2D eigenvalue weighted by molar-refractivity contribution is 9.10. The number of rotatable bonds is 3. The summed E-state index contributed by atoms with van der Waals surface area (Å²) in [6, 6.07) is 13.2. The number of benzene rings is 2. The van der Waals surface area contributed by atoms with Gasteiger partial charge in [0, 0.05) is 23.3 Å². The summed E-state index contributed by atoms with van der Waals surface area (Å²) in [5, 5.41) is 2.92. The maximum Gasteiger partial charge on any atom is 0.226 e. The van der Waals surface area contributed by atoms with Crippen molar-refractivity contribution in [2.24, 2.45) is 0 Å². The average molecular weight is 399 g/mol. The van der Waals surface area contributed by atoms with Crippen LogP contribution in [0.5, 0.6) is 0 Å². The van der Waals surface area contributed by atoms with Crippen LogP contribution in [0.25, 0.3) is 6.08 Å². The Hall–Kier alpha value is -2.40. The van der Waals surface area contributed by atoms with Crippen molar-refractivity contribution >= 4 is 39.5 Å². The highest BCUT2D eigenvalue weighted by atomic mass is 79.9. The molecule has 0 aromatic heterocycles. The van der Waals surface area contributed by atoms with E-state index in [1.165, 1.54) is 6.92 Å². The quantitative estimate of drug-likeness (QED) is 0.816. The van der Waals surface area contributed by atoms with Crippen LogP contribution in [-0.4, -0.2) is 16.7 Å². The molecule has 5 heteroatoms. The third kappa shape index (κ3) is 3.82. The Morgan fingerprint density at radius 2 is 1.96 bits per heavy atom. The summed E-state index contributed by atoms with van der Waals surface area (Å²) in [6.07, 6.45) is 3.86. The van der Waals surface area contributed by atoms with Crippen molar-refractivity contribution in [1.82, 2.24) is 4.90 Å². The number of amides is 2. The van der Waals surface area contributed by atoms with Crippen molar-refractivity contribution in [3.8, 4) is 0 Å². The number of aryl methyl sites for hydroxylation is 1. The minimum atomic E-state index is -0.299. The maximum absolute atomic E-state index is 12.6. The molecule has 1 unspecified atom stereocenters. The Morgan fingerprint density at radius 3 is 2.68 bits per heavy atom. The summed E-state index contributed by atoms with van der Waals surface area (Å²) in [6.45, 7) is 3.51. The number of anilines is 1. The number of halogens is 1. The summed E-state index contributed by atoms with van der Waals surface area (Å²) in [4.78, 5) is 26.2. The van der Waals surface area contributed by atoms with E-state index < -0.39 is 0 Å². The lowest BCUT2D eigenvalue weighted by Crippen LogP contribution is -2.33. The minimum absolute atomic E-state index is 0.0818. The first kappa shape index (κ1) is 17.4. The number of carbonyl (C=O) groups is 2. The summed E-state index contributed by atoms with van der Waals surface area (Å²) in [7, 11) is 0. The fourth-order valence-electron chi connectivity index (χ4n) is 2.97. The van der Waals surface area contributed by atoms with E-state index in [0.717, 1.165) is 26.9 Å². The Balaban J connectivity index is 1.81. The van der Waals surface area contributed by atoms with Crippen LogP contribution in [0.2, 0.25) is 0 Å². The van der Waals surface area contributed by atoms with Crippen LogP contribution in [0.3, 0.4) is 0 Å². The van der Waals surface area contributed by atoms with Gasteiger partial charge in [0.2, 0.25) is 11.8 Å². The largest absolute Gasteiger partial charge is 0.326 e. The van der Waals surface area contributed by atoms with E-state index in [4.69, 9.17) is 0 Å². The smallest absolute Gasteiger partial charge is 0.226 e. The second-order valence-electron chi connectivity index (χ2n) is 6.10. The summed E-state index contributed by atoms with van der Waals surface area (Å²) < 4.78 is 0.946. The topological polar surface area (TPSA) is 49.4 Å². The van der Waals surface area contributed by atoms with Gasteiger partial charge in [-0.25, -0.2) is 0 Å². The van der Waals surface area contributed by atoms with Gasteiger partial charge in [-0.3, -0.25) is 9.59 Å². The molecule has 3 rings (SSSR count). The van der Waals surface area contributed by atoms with Crippen molar-refractivity contribution < 1.29 is 9.59 Å². The van der Waals surface area contributed by atoms with Gasteiger partial charge in [-0.1, -0.05) is 46.3 Å². The molecular weight excluding hydrogens is 380 g/mol. The SMILES string of the molecule is CC(=O)N1C=Cc2ccccc2C1CC(=O)Nc1ccc(C)c(Br)c1. The zero-order chi connectivity index (χ0) is 18.0. The molecule has 1 heterocycles. The first-order valence-corrected chi connectivity index (χ1v) is 8.87. The molecule has 2 aromatic carbocycles. The number of hydrogen-bond donors (Lipinski definition) is 1. The molecule has 128 valence electrons. The molecule has 0 radical (unpaired) electrons. The van der Waals surface area contributed by atoms with E-state index in [1.54, 1.807) is 11.1 Å².